The van der Waals surface area contributed by atoms with Gasteiger partial charge in [0.2, 0.25) is 5.91 Å². The van der Waals surface area contributed by atoms with Crippen molar-refractivity contribution >= 4 is 34.1 Å². The lowest BCUT2D eigenvalue weighted by Gasteiger charge is -2.09. The minimum atomic E-state index is -0.0712. The number of rotatable bonds is 3. The first-order valence-corrected chi connectivity index (χ1v) is 7.40. The molecule has 0 bridgehead atoms. The molecule has 22 heavy (non-hydrogen) atoms. The Bertz CT molecular complexity index is 828. The van der Waals surface area contributed by atoms with Crippen LogP contribution in [0.5, 0.6) is 0 Å². The Kier molecular flexibility index (Phi) is 4.07. The third-order valence-electron chi connectivity index (χ3n) is 3.41. The van der Waals surface area contributed by atoms with E-state index in [0.717, 1.165) is 27.8 Å². The molecule has 0 saturated carbocycles. The summed E-state index contributed by atoms with van der Waals surface area (Å²) in [6.07, 6.45) is 0.305. The molecule has 3 aromatic rings. The number of aryl methyl sites for hydroxylation is 1. The highest BCUT2D eigenvalue weighted by atomic mass is 35.5. The fourth-order valence-electron chi connectivity index (χ4n) is 2.33. The average molecular weight is 311 g/mol. The molecule has 0 radical (unpaired) electrons. The molecule has 0 aliphatic carbocycles. The summed E-state index contributed by atoms with van der Waals surface area (Å²) in [4.78, 5) is 16.7. The van der Waals surface area contributed by atoms with Gasteiger partial charge in [-0.2, -0.15) is 0 Å². The quantitative estimate of drug-likeness (QED) is 0.780. The molecule has 0 unspecified atom stereocenters. The fourth-order valence-corrected chi connectivity index (χ4v) is 2.45. The zero-order chi connectivity index (χ0) is 15.5. The van der Waals surface area contributed by atoms with E-state index in [9.17, 15) is 4.79 Å². The van der Waals surface area contributed by atoms with Crippen LogP contribution in [0.3, 0.4) is 0 Å². The van der Waals surface area contributed by atoms with E-state index >= 15 is 0 Å². The summed E-state index contributed by atoms with van der Waals surface area (Å²) in [7, 11) is 0. The number of benzene rings is 2. The summed E-state index contributed by atoms with van der Waals surface area (Å²) in [5.74, 6) is -0.0712. The first-order valence-electron chi connectivity index (χ1n) is 7.02. The van der Waals surface area contributed by atoms with Gasteiger partial charge in [0.25, 0.3) is 0 Å². The smallest absolute Gasteiger partial charge is 0.228 e. The van der Waals surface area contributed by atoms with E-state index in [1.165, 1.54) is 0 Å². The largest absolute Gasteiger partial charge is 0.324 e. The van der Waals surface area contributed by atoms with Crippen molar-refractivity contribution < 1.29 is 4.79 Å². The maximum absolute atomic E-state index is 12.2. The number of aromatic nitrogens is 1. The van der Waals surface area contributed by atoms with Gasteiger partial charge < -0.3 is 5.32 Å². The molecule has 0 aliphatic heterocycles. The zero-order valence-electron chi connectivity index (χ0n) is 12.1. The van der Waals surface area contributed by atoms with E-state index in [1.807, 2.05) is 49.4 Å². The molecule has 0 aliphatic rings. The van der Waals surface area contributed by atoms with Crippen LogP contribution in [0.25, 0.3) is 10.9 Å². The van der Waals surface area contributed by atoms with Gasteiger partial charge in [0.15, 0.2) is 0 Å². The molecule has 4 heteroatoms. The molecular weight excluding hydrogens is 296 g/mol. The number of fused-ring (bicyclic) bond motifs is 1. The van der Waals surface area contributed by atoms with Gasteiger partial charge in [-0.3, -0.25) is 9.78 Å². The lowest BCUT2D eigenvalue weighted by molar-refractivity contribution is -0.115. The van der Waals surface area contributed by atoms with Crippen LogP contribution >= 0.6 is 11.6 Å². The van der Waals surface area contributed by atoms with Crippen molar-refractivity contribution in [1.82, 2.24) is 4.98 Å². The molecule has 0 fully saturated rings. The highest BCUT2D eigenvalue weighted by Crippen LogP contribution is 2.22. The number of nitrogens with zero attached hydrogens (tertiary/aromatic N) is 1. The number of amides is 1. The Morgan fingerprint density at radius 2 is 1.86 bits per heavy atom. The molecule has 0 atom stereocenters. The second-order valence-electron chi connectivity index (χ2n) is 5.18. The third-order valence-corrected chi connectivity index (χ3v) is 3.66. The molecule has 1 aromatic heterocycles. The number of hydrogen-bond acceptors (Lipinski definition) is 2. The molecule has 1 heterocycles. The summed E-state index contributed by atoms with van der Waals surface area (Å²) in [6.45, 7) is 1.94. The van der Waals surface area contributed by atoms with Crippen molar-refractivity contribution in [3.8, 4) is 0 Å². The van der Waals surface area contributed by atoms with E-state index in [4.69, 9.17) is 11.6 Å². The minimum Gasteiger partial charge on any atom is -0.324 e. The molecule has 1 amide bonds. The number of carbonyl (C=O) groups excluding carboxylic acids is 1. The summed E-state index contributed by atoms with van der Waals surface area (Å²) in [5, 5.41) is 4.61. The highest BCUT2D eigenvalue weighted by molar-refractivity contribution is 6.30. The SMILES string of the molecule is Cc1ccc2cccc(NC(=O)Cc3ccc(Cl)cc3)c2n1. The lowest BCUT2D eigenvalue weighted by atomic mass is 10.1. The molecule has 2 aromatic carbocycles. The average Bonchev–Trinajstić information content (AvgIpc) is 2.50. The highest BCUT2D eigenvalue weighted by Gasteiger charge is 2.08. The van der Waals surface area contributed by atoms with Crippen LogP contribution in [-0.4, -0.2) is 10.9 Å². The number of hydrogen-bond donors (Lipinski definition) is 1. The summed E-state index contributed by atoms with van der Waals surface area (Å²) in [6, 6.07) is 17.0. The Morgan fingerprint density at radius 3 is 2.64 bits per heavy atom. The Labute approximate surface area is 133 Å². The van der Waals surface area contributed by atoms with Crippen molar-refractivity contribution in [1.29, 1.82) is 0 Å². The molecule has 0 saturated heterocycles. The van der Waals surface area contributed by atoms with E-state index in [0.29, 0.717) is 11.4 Å². The lowest BCUT2D eigenvalue weighted by Crippen LogP contribution is -2.14. The van der Waals surface area contributed by atoms with Gasteiger partial charge in [-0.05, 0) is 36.8 Å². The second-order valence-corrected chi connectivity index (χ2v) is 5.62. The molecule has 1 N–H and O–H groups in total. The monoisotopic (exact) mass is 310 g/mol. The Morgan fingerprint density at radius 1 is 1.09 bits per heavy atom. The van der Waals surface area contributed by atoms with Crippen molar-refractivity contribution in [3.63, 3.8) is 0 Å². The number of carbonyl (C=O) groups is 1. The van der Waals surface area contributed by atoms with Crippen molar-refractivity contribution in [2.24, 2.45) is 0 Å². The maximum Gasteiger partial charge on any atom is 0.228 e. The van der Waals surface area contributed by atoms with Crippen LogP contribution in [-0.2, 0) is 11.2 Å². The van der Waals surface area contributed by atoms with Crippen molar-refractivity contribution in [3.05, 3.63) is 70.9 Å². The number of para-hydroxylation sites is 1. The number of pyridine rings is 1. The van der Waals surface area contributed by atoms with Gasteiger partial charge in [0.05, 0.1) is 17.6 Å². The molecule has 0 spiro atoms. The predicted molar refractivity (Wildman–Crippen MR) is 90.3 cm³/mol. The summed E-state index contributed by atoms with van der Waals surface area (Å²) < 4.78 is 0. The number of halogens is 1. The third kappa shape index (κ3) is 3.26. The topological polar surface area (TPSA) is 42.0 Å². The normalized spacial score (nSPS) is 10.6. The van der Waals surface area contributed by atoms with E-state index in [1.54, 1.807) is 12.1 Å². The van der Waals surface area contributed by atoms with E-state index < -0.39 is 0 Å². The fraction of sp³-hybridized carbons (Fsp3) is 0.111. The zero-order valence-corrected chi connectivity index (χ0v) is 12.9. The first-order chi connectivity index (χ1) is 10.6. The molecule has 3 nitrogen and oxygen atoms in total. The van der Waals surface area contributed by atoms with Crippen molar-refractivity contribution in [2.45, 2.75) is 13.3 Å². The minimum absolute atomic E-state index is 0.0712. The van der Waals surface area contributed by atoms with Crippen molar-refractivity contribution in [2.75, 3.05) is 5.32 Å². The summed E-state index contributed by atoms with van der Waals surface area (Å²) >= 11 is 5.85. The van der Waals surface area contributed by atoms with E-state index in [2.05, 4.69) is 10.3 Å². The van der Waals surface area contributed by atoms with Crippen LogP contribution in [0.4, 0.5) is 5.69 Å². The van der Waals surface area contributed by atoms with Gasteiger partial charge in [0.1, 0.15) is 0 Å². The van der Waals surface area contributed by atoms with Gasteiger partial charge in [-0.15, -0.1) is 0 Å². The predicted octanol–water partition coefficient (Wildman–Crippen LogP) is 4.38. The van der Waals surface area contributed by atoms with Gasteiger partial charge >= 0.3 is 0 Å². The maximum atomic E-state index is 12.2. The molecule has 3 rings (SSSR count). The first kappa shape index (κ1) is 14.5. The van der Waals surface area contributed by atoms with Crippen LogP contribution in [0.15, 0.2) is 54.6 Å². The van der Waals surface area contributed by atoms with E-state index in [-0.39, 0.29) is 5.91 Å². The van der Waals surface area contributed by atoms with Crippen LogP contribution in [0.1, 0.15) is 11.3 Å². The second kappa shape index (κ2) is 6.16. The van der Waals surface area contributed by atoms with Crippen LogP contribution < -0.4 is 5.32 Å². The number of anilines is 1. The Balaban J connectivity index is 1.82. The standard InChI is InChI=1S/C18H15ClN2O/c1-12-5-8-14-3-2-4-16(18(14)20-12)21-17(22)11-13-6-9-15(19)10-7-13/h2-10H,11H2,1H3,(H,21,22). The van der Waals surface area contributed by atoms with Crippen LogP contribution in [0, 0.1) is 6.92 Å². The Hall–Kier alpha value is -2.39. The molecular formula is C18H15ClN2O. The number of nitrogens with one attached hydrogen (secondary N) is 1. The molecule has 110 valence electrons. The van der Waals surface area contributed by atoms with Crippen LogP contribution in [0.2, 0.25) is 5.02 Å². The van der Waals surface area contributed by atoms with Gasteiger partial charge in [0, 0.05) is 16.1 Å². The van der Waals surface area contributed by atoms with Gasteiger partial charge in [-0.1, -0.05) is 41.9 Å². The summed E-state index contributed by atoms with van der Waals surface area (Å²) in [5.41, 5.74) is 3.39. The van der Waals surface area contributed by atoms with Gasteiger partial charge in [-0.25, -0.2) is 0 Å².